The predicted molar refractivity (Wildman–Crippen MR) is 162 cm³/mol. The lowest BCUT2D eigenvalue weighted by Crippen LogP contribution is -2.58. The van der Waals surface area contributed by atoms with Crippen LogP contribution in [-0.2, 0) is 43.2 Å². The van der Waals surface area contributed by atoms with Crippen LogP contribution in [0.2, 0.25) is 0 Å². The molecule has 0 spiro atoms. The van der Waals surface area contributed by atoms with Crippen LogP contribution >= 0.6 is 0 Å². The Kier molecular flexibility index (Phi) is 12.4. The number of phenols is 2. The zero-order chi connectivity index (χ0) is 32.9. The molecule has 13 nitrogen and oxygen atoms in total. The molecule has 4 unspecified atom stereocenters. The van der Waals surface area contributed by atoms with Gasteiger partial charge in [-0.05, 0) is 47.4 Å². The minimum absolute atomic E-state index is 0.0183. The largest absolute Gasteiger partial charge is 0.508 e. The van der Waals surface area contributed by atoms with E-state index in [1.165, 1.54) is 48.5 Å². The highest BCUT2D eigenvalue weighted by Gasteiger charge is 2.31. The maximum atomic E-state index is 13.7. The number of carbonyl (C=O) groups is 5. The molecule has 0 bridgehead atoms. The SMILES string of the molecule is NC(CCC(=O)O)C(=O)NC(Cc1ccc(O)cc1)C(=O)NC(Cc1ccc(O)cc1)C(=O)NC(Cc1ccccc1)C(=O)O. The molecule has 0 aliphatic rings. The molecule has 9 N–H and O–H groups in total. The van der Waals surface area contributed by atoms with E-state index in [9.17, 15) is 39.3 Å². The number of carbonyl (C=O) groups excluding carboxylic acids is 3. The second-order valence-corrected chi connectivity index (χ2v) is 10.5. The number of hydrogen-bond acceptors (Lipinski definition) is 8. The lowest BCUT2D eigenvalue weighted by Gasteiger charge is -2.25. The molecule has 0 heterocycles. The van der Waals surface area contributed by atoms with Gasteiger partial charge in [-0.3, -0.25) is 19.2 Å². The van der Waals surface area contributed by atoms with Crippen molar-refractivity contribution in [1.82, 2.24) is 16.0 Å². The van der Waals surface area contributed by atoms with E-state index in [1.54, 1.807) is 30.3 Å². The molecule has 3 aromatic rings. The normalized spacial score (nSPS) is 13.4. The summed E-state index contributed by atoms with van der Waals surface area (Å²) < 4.78 is 0. The molecule has 3 amide bonds. The Hall–Kier alpha value is -5.43. The Morgan fingerprint density at radius 3 is 1.42 bits per heavy atom. The van der Waals surface area contributed by atoms with Crippen LogP contribution in [-0.4, -0.2) is 74.3 Å². The van der Waals surface area contributed by atoms with Crippen LogP contribution in [0, 0.1) is 0 Å². The Bertz CT molecular complexity index is 1460. The fraction of sp³-hybridized carbons (Fsp3) is 0.281. The first-order chi connectivity index (χ1) is 21.4. The standard InChI is InChI=1S/C32H36N4O9/c33-24(14-15-28(39)40)29(41)34-25(16-20-6-10-22(37)11-7-20)30(42)35-26(17-21-8-12-23(38)13-9-21)31(43)36-27(32(44)45)18-19-4-2-1-3-5-19/h1-13,24-27,37-38H,14-18,33H2,(H,34,41)(H,35,42)(H,36,43)(H,39,40)(H,44,45). The molecular formula is C32H36N4O9. The number of nitrogens with two attached hydrogens (primary N) is 1. The molecule has 0 saturated heterocycles. The Labute approximate surface area is 259 Å². The summed E-state index contributed by atoms with van der Waals surface area (Å²) in [6.07, 6.45) is -0.740. The lowest BCUT2D eigenvalue weighted by atomic mass is 10.0. The summed E-state index contributed by atoms with van der Waals surface area (Å²) in [4.78, 5) is 63.0. The summed E-state index contributed by atoms with van der Waals surface area (Å²) in [7, 11) is 0. The van der Waals surface area contributed by atoms with E-state index in [2.05, 4.69) is 16.0 Å². The van der Waals surface area contributed by atoms with E-state index < -0.39 is 53.8 Å². The summed E-state index contributed by atoms with van der Waals surface area (Å²) in [6, 6.07) is 15.3. The second-order valence-electron chi connectivity index (χ2n) is 10.5. The van der Waals surface area contributed by atoms with Gasteiger partial charge in [-0.25, -0.2) is 4.79 Å². The van der Waals surface area contributed by atoms with E-state index in [0.29, 0.717) is 16.7 Å². The molecular weight excluding hydrogens is 584 g/mol. The van der Waals surface area contributed by atoms with Crippen molar-refractivity contribution in [2.75, 3.05) is 0 Å². The zero-order valence-corrected chi connectivity index (χ0v) is 24.3. The van der Waals surface area contributed by atoms with Gasteiger partial charge in [-0.2, -0.15) is 0 Å². The van der Waals surface area contributed by atoms with E-state index >= 15 is 0 Å². The number of aliphatic carboxylic acids is 2. The van der Waals surface area contributed by atoms with Crippen LogP contribution in [0.3, 0.4) is 0 Å². The molecule has 0 aliphatic carbocycles. The molecule has 45 heavy (non-hydrogen) atoms. The second kappa shape index (κ2) is 16.4. The van der Waals surface area contributed by atoms with Crippen LogP contribution in [0.25, 0.3) is 0 Å². The number of rotatable bonds is 16. The fourth-order valence-corrected chi connectivity index (χ4v) is 4.44. The molecule has 0 saturated carbocycles. The van der Waals surface area contributed by atoms with Crippen LogP contribution in [0.15, 0.2) is 78.9 Å². The first kappa shape index (κ1) is 34.1. The molecule has 13 heteroatoms. The number of carboxylic acid groups (broad SMARTS) is 2. The van der Waals surface area contributed by atoms with Gasteiger partial charge < -0.3 is 42.1 Å². The molecule has 238 valence electrons. The Morgan fingerprint density at radius 1 is 0.578 bits per heavy atom. The number of amides is 3. The number of hydrogen-bond donors (Lipinski definition) is 8. The third-order valence-corrected chi connectivity index (χ3v) is 6.92. The first-order valence-corrected chi connectivity index (χ1v) is 14.1. The summed E-state index contributed by atoms with van der Waals surface area (Å²) in [6.45, 7) is 0. The lowest BCUT2D eigenvalue weighted by molar-refractivity contribution is -0.142. The molecule has 0 aliphatic heterocycles. The number of nitrogens with one attached hydrogen (secondary N) is 3. The van der Waals surface area contributed by atoms with Gasteiger partial charge in [0.15, 0.2) is 0 Å². The van der Waals surface area contributed by atoms with Crippen molar-refractivity contribution in [2.24, 2.45) is 5.73 Å². The summed E-state index contributed by atoms with van der Waals surface area (Å²) >= 11 is 0. The molecule has 3 rings (SSSR count). The van der Waals surface area contributed by atoms with Crippen molar-refractivity contribution in [3.63, 3.8) is 0 Å². The minimum Gasteiger partial charge on any atom is -0.508 e. The van der Waals surface area contributed by atoms with E-state index in [0.717, 1.165) is 0 Å². The van der Waals surface area contributed by atoms with Gasteiger partial charge in [0.1, 0.15) is 29.6 Å². The van der Waals surface area contributed by atoms with Gasteiger partial charge in [0.25, 0.3) is 0 Å². The van der Waals surface area contributed by atoms with Crippen molar-refractivity contribution >= 4 is 29.7 Å². The van der Waals surface area contributed by atoms with Crippen molar-refractivity contribution in [3.8, 4) is 11.5 Å². The summed E-state index contributed by atoms with van der Waals surface area (Å²) in [5.74, 6) is -4.85. The monoisotopic (exact) mass is 620 g/mol. The van der Waals surface area contributed by atoms with Gasteiger partial charge >= 0.3 is 11.9 Å². The smallest absolute Gasteiger partial charge is 0.326 e. The maximum Gasteiger partial charge on any atom is 0.326 e. The van der Waals surface area contributed by atoms with Gasteiger partial charge in [0, 0.05) is 25.7 Å². The number of benzene rings is 3. The molecule has 3 aromatic carbocycles. The van der Waals surface area contributed by atoms with Gasteiger partial charge in [-0.1, -0.05) is 54.6 Å². The number of carboxylic acids is 2. The average Bonchev–Trinajstić information content (AvgIpc) is 3.01. The maximum absolute atomic E-state index is 13.7. The van der Waals surface area contributed by atoms with E-state index in [-0.39, 0.29) is 43.6 Å². The van der Waals surface area contributed by atoms with Crippen molar-refractivity contribution in [1.29, 1.82) is 0 Å². The van der Waals surface area contributed by atoms with E-state index in [4.69, 9.17) is 10.8 Å². The highest BCUT2D eigenvalue weighted by atomic mass is 16.4. The van der Waals surface area contributed by atoms with Crippen LogP contribution in [0.1, 0.15) is 29.5 Å². The third kappa shape index (κ3) is 11.3. The third-order valence-electron chi connectivity index (χ3n) is 6.92. The molecule has 0 fully saturated rings. The first-order valence-electron chi connectivity index (χ1n) is 14.1. The predicted octanol–water partition coefficient (Wildman–Crippen LogP) is 0.857. The van der Waals surface area contributed by atoms with Crippen LogP contribution < -0.4 is 21.7 Å². The van der Waals surface area contributed by atoms with Crippen molar-refractivity contribution < 1.29 is 44.4 Å². The molecule has 0 radical (unpaired) electrons. The van der Waals surface area contributed by atoms with Crippen molar-refractivity contribution in [3.05, 3.63) is 95.6 Å². The van der Waals surface area contributed by atoms with Crippen molar-refractivity contribution in [2.45, 2.75) is 56.3 Å². The van der Waals surface area contributed by atoms with Gasteiger partial charge in [0.2, 0.25) is 17.7 Å². The summed E-state index contributed by atoms with van der Waals surface area (Å²) in [5, 5.41) is 45.7. The van der Waals surface area contributed by atoms with E-state index in [1.807, 2.05) is 0 Å². The topological polar surface area (TPSA) is 228 Å². The van der Waals surface area contributed by atoms with Crippen LogP contribution in [0.4, 0.5) is 0 Å². The fourth-order valence-electron chi connectivity index (χ4n) is 4.44. The van der Waals surface area contributed by atoms with Gasteiger partial charge in [0.05, 0.1) is 6.04 Å². The Morgan fingerprint density at radius 2 is 0.978 bits per heavy atom. The quantitative estimate of drug-likeness (QED) is 0.113. The molecule has 0 aromatic heterocycles. The number of phenolic OH excluding ortho intramolecular Hbond substituents is 2. The Balaban J connectivity index is 1.86. The highest BCUT2D eigenvalue weighted by molar-refractivity contribution is 5.94. The molecule has 4 atom stereocenters. The van der Waals surface area contributed by atoms with Gasteiger partial charge in [-0.15, -0.1) is 0 Å². The minimum atomic E-state index is -1.32. The van der Waals surface area contributed by atoms with Crippen LogP contribution in [0.5, 0.6) is 11.5 Å². The summed E-state index contributed by atoms with van der Waals surface area (Å²) in [5.41, 5.74) is 7.61. The average molecular weight is 621 g/mol. The number of aromatic hydroxyl groups is 2. The highest BCUT2D eigenvalue weighted by Crippen LogP contribution is 2.14. The zero-order valence-electron chi connectivity index (χ0n) is 24.3.